The SMILES string of the molecule is C1=CC2=NC(c3ccc4cc(-c5c6ccccc6c(-c6ccc7cc(C8=NC9C=CC=CN9C8c8ccccc8)ccc7c6)c6ccccc56)ccc4c3)C(c3ccccc3)N2C=C1. The Morgan fingerprint density at radius 3 is 1.58 bits per heavy atom. The summed E-state index contributed by atoms with van der Waals surface area (Å²) >= 11 is 0. The van der Waals surface area contributed by atoms with E-state index in [9.17, 15) is 0 Å². The second-order valence-electron chi connectivity index (χ2n) is 17.2. The lowest BCUT2D eigenvalue weighted by Gasteiger charge is -2.29. The van der Waals surface area contributed by atoms with E-state index < -0.39 is 0 Å². The highest BCUT2D eigenvalue weighted by Crippen LogP contribution is 2.47. The number of amidine groups is 1. The molecule has 0 radical (unpaired) electrons. The Morgan fingerprint density at radius 1 is 0.406 bits per heavy atom. The smallest absolute Gasteiger partial charge is 0.141 e. The number of hydrogen-bond acceptors (Lipinski definition) is 4. The zero-order chi connectivity index (χ0) is 42.1. The van der Waals surface area contributed by atoms with Gasteiger partial charge in [0.1, 0.15) is 18.0 Å². The van der Waals surface area contributed by atoms with Crippen LogP contribution in [-0.4, -0.2) is 27.5 Å². The second-order valence-corrected chi connectivity index (χ2v) is 17.2. The Hall–Kier alpha value is -8.08. The number of nitrogens with zero attached hydrogens (tertiary/aromatic N) is 4. The summed E-state index contributed by atoms with van der Waals surface area (Å²) in [6.07, 6.45) is 17.0. The summed E-state index contributed by atoms with van der Waals surface area (Å²) in [6, 6.07) is 67.3. The molecule has 64 heavy (non-hydrogen) atoms. The van der Waals surface area contributed by atoms with Gasteiger partial charge in [-0.25, -0.2) is 0 Å². The maximum absolute atomic E-state index is 5.27. The second kappa shape index (κ2) is 14.8. The molecule has 302 valence electrons. The molecule has 4 heterocycles. The molecular formula is C60H42N4. The van der Waals surface area contributed by atoms with Gasteiger partial charge >= 0.3 is 0 Å². The van der Waals surface area contributed by atoms with E-state index in [0.717, 1.165) is 17.1 Å². The van der Waals surface area contributed by atoms with Crippen molar-refractivity contribution < 1.29 is 0 Å². The zero-order valence-corrected chi connectivity index (χ0v) is 35.0. The van der Waals surface area contributed by atoms with Crippen molar-refractivity contribution in [2.45, 2.75) is 24.3 Å². The molecule has 4 nitrogen and oxygen atoms in total. The van der Waals surface area contributed by atoms with Gasteiger partial charge in [-0.05, 0) is 136 Å². The van der Waals surface area contributed by atoms with E-state index in [2.05, 4.69) is 241 Å². The Labute approximate surface area is 372 Å². The van der Waals surface area contributed by atoms with Crippen LogP contribution in [0.2, 0.25) is 0 Å². The Bertz CT molecular complexity index is 3480. The Morgan fingerprint density at radius 2 is 0.938 bits per heavy atom. The van der Waals surface area contributed by atoms with Gasteiger partial charge in [0, 0.05) is 12.4 Å². The van der Waals surface area contributed by atoms with Crippen molar-refractivity contribution in [1.82, 2.24) is 9.80 Å². The predicted octanol–water partition coefficient (Wildman–Crippen LogP) is 14.5. The third-order valence-electron chi connectivity index (χ3n) is 13.6. The molecule has 4 aliphatic rings. The van der Waals surface area contributed by atoms with Crippen molar-refractivity contribution >= 4 is 54.6 Å². The highest BCUT2D eigenvalue weighted by atomic mass is 15.3. The van der Waals surface area contributed by atoms with Gasteiger partial charge in [0.2, 0.25) is 0 Å². The minimum absolute atomic E-state index is 0.000218. The minimum Gasteiger partial charge on any atom is -0.340 e. The van der Waals surface area contributed by atoms with Gasteiger partial charge in [-0.1, -0.05) is 170 Å². The molecule has 0 fully saturated rings. The summed E-state index contributed by atoms with van der Waals surface area (Å²) in [7, 11) is 0. The molecular weight excluding hydrogens is 777 g/mol. The van der Waals surface area contributed by atoms with Gasteiger partial charge in [-0.3, -0.25) is 9.98 Å². The Balaban J connectivity index is 0.886. The quantitative estimate of drug-likeness (QED) is 0.157. The predicted molar refractivity (Wildman–Crippen MR) is 266 cm³/mol. The van der Waals surface area contributed by atoms with Crippen LogP contribution in [0.5, 0.6) is 0 Å². The van der Waals surface area contributed by atoms with Crippen LogP contribution in [-0.2, 0) is 0 Å². The van der Waals surface area contributed by atoms with Crippen LogP contribution < -0.4 is 0 Å². The third kappa shape index (κ3) is 5.90. The first-order valence-electron chi connectivity index (χ1n) is 22.3. The standard InChI is InChI=1S/C60H42N4/c1-3-15-39(16-4-1)59-57(61-53-23-11-13-33-63(53)59)47-31-27-41-35-45(29-25-43(41)37-47)55-49-19-7-9-21-51(49)56(52-22-10-8-20-50(52)55)46-30-26-44-38-48(32-28-42(44)36-46)58-60(40-17-5-2-6-18-40)64-34-14-12-24-54(64)62-58/h1-38,53,58-60H. The molecule has 13 rings (SSSR count). The maximum Gasteiger partial charge on any atom is 0.141 e. The third-order valence-corrected chi connectivity index (χ3v) is 13.6. The first kappa shape index (κ1) is 36.6. The van der Waals surface area contributed by atoms with E-state index in [1.807, 2.05) is 0 Å². The summed E-state index contributed by atoms with van der Waals surface area (Å²) in [4.78, 5) is 15.2. The van der Waals surface area contributed by atoms with Gasteiger partial charge in [0.25, 0.3) is 0 Å². The minimum atomic E-state index is -0.0157. The highest BCUT2D eigenvalue weighted by molar-refractivity contribution is 6.22. The van der Waals surface area contributed by atoms with E-state index >= 15 is 0 Å². The summed E-state index contributed by atoms with van der Waals surface area (Å²) in [5, 5.41) is 9.84. The molecule has 4 atom stereocenters. The van der Waals surface area contributed by atoms with Crippen molar-refractivity contribution in [3.63, 3.8) is 0 Å². The molecule has 4 aliphatic heterocycles. The van der Waals surface area contributed by atoms with Crippen LogP contribution in [0.1, 0.15) is 40.4 Å². The summed E-state index contributed by atoms with van der Waals surface area (Å²) < 4.78 is 0. The molecule has 0 aromatic heterocycles. The molecule has 0 saturated heterocycles. The fourth-order valence-electron chi connectivity index (χ4n) is 10.7. The van der Waals surface area contributed by atoms with Crippen molar-refractivity contribution in [3.05, 3.63) is 253 Å². The average molecular weight is 819 g/mol. The summed E-state index contributed by atoms with van der Waals surface area (Å²) in [5.74, 6) is 1.01. The molecule has 4 unspecified atom stereocenters. The molecule has 9 aromatic carbocycles. The largest absolute Gasteiger partial charge is 0.340 e. The number of hydrogen-bond donors (Lipinski definition) is 0. The van der Waals surface area contributed by atoms with Crippen LogP contribution in [0.25, 0.3) is 65.3 Å². The van der Waals surface area contributed by atoms with Crippen molar-refractivity contribution in [2.75, 3.05) is 0 Å². The van der Waals surface area contributed by atoms with Gasteiger partial charge < -0.3 is 9.80 Å². The molecule has 0 bridgehead atoms. The number of fused-ring (bicyclic) bond motifs is 6. The van der Waals surface area contributed by atoms with E-state index in [0.29, 0.717) is 0 Å². The molecule has 0 spiro atoms. The molecule has 0 amide bonds. The number of benzene rings is 9. The summed E-state index contributed by atoms with van der Waals surface area (Å²) in [5.41, 5.74) is 10.9. The van der Waals surface area contributed by atoms with E-state index in [4.69, 9.17) is 9.98 Å². The van der Waals surface area contributed by atoms with Crippen molar-refractivity contribution in [3.8, 4) is 22.3 Å². The lowest BCUT2D eigenvalue weighted by atomic mass is 9.85. The van der Waals surface area contributed by atoms with Gasteiger partial charge in [-0.15, -0.1) is 0 Å². The topological polar surface area (TPSA) is 31.2 Å². The zero-order valence-electron chi connectivity index (χ0n) is 35.0. The van der Waals surface area contributed by atoms with E-state index in [-0.39, 0.29) is 24.3 Å². The molecule has 0 N–H and O–H groups in total. The first-order valence-corrected chi connectivity index (χ1v) is 22.3. The number of aliphatic imine (C=N–C) groups is 2. The maximum atomic E-state index is 5.27. The first-order chi connectivity index (χ1) is 31.7. The van der Waals surface area contributed by atoms with Crippen molar-refractivity contribution in [2.24, 2.45) is 9.98 Å². The molecule has 4 heteroatoms. The average Bonchev–Trinajstić information content (AvgIpc) is 3.95. The molecule has 0 aliphatic carbocycles. The van der Waals surface area contributed by atoms with Crippen LogP contribution in [0.3, 0.4) is 0 Å². The van der Waals surface area contributed by atoms with Gasteiger partial charge in [0.05, 0.1) is 17.8 Å². The molecule has 0 saturated carbocycles. The normalized spacial score (nSPS) is 19.8. The van der Waals surface area contributed by atoms with E-state index in [1.54, 1.807) is 0 Å². The number of allylic oxidation sites excluding steroid dienone is 4. The highest BCUT2D eigenvalue weighted by Gasteiger charge is 2.38. The van der Waals surface area contributed by atoms with Gasteiger partial charge in [-0.2, -0.15) is 0 Å². The molecule has 9 aromatic rings. The van der Waals surface area contributed by atoms with Crippen LogP contribution >= 0.6 is 0 Å². The number of rotatable bonds is 6. The lowest BCUT2D eigenvalue weighted by molar-refractivity contribution is 0.321. The van der Waals surface area contributed by atoms with Crippen LogP contribution in [0, 0.1) is 0 Å². The monoisotopic (exact) mass is 818 g/mol. The van der Waals surface area contributed by atoms with Crippen molar-refractivity contribution in [1.29, 1.82) is 0 Å². The Kier molecular flexibility index (Phi) is 8.45. The van der Waals surface area contributed by atoms with Crippen LogP contribution in [0.4, 0.5) is 0 Å². The van der Waals surface area contributed by atoms with E-state index in [1.165, 1.54) is 82.0 Å². The van der Waals surface area contributed by atoms with Crippen LogP contribution in [0.15, 0.2) is 241 Å². The van der Waals surface area contributed by atoms with Gasteiger partial charge in [0.15, 0.2) is 0 Å². The fourth-order valence-corrected chi connectivity index (χ4v) is 10.7. The summed E-state index contributed by atoms with van der Waals surface area (Å²) in [6.45, 7) is 0. The lowest BCUT2D eigenvalue weighted by Crippen LogP contribution is -2.29. The fraction of sp³-hybridized carbons (Fsp3) is 0.0667.